The van der Waals surface area contributed by atoms with Crippen LogP contribution in [0.3, 0.4) is 0 Å². The summed E-state index contributed by atoms with van der Waals surface area (Å²) in [6.07, 6.45) is 5.81. The van der Waals surface area contributed by atoms with E-state index in [1.165, 1.54) is 0 Å². The highest BCUT2D eigenvalue weighted by Gasteiger charge is 2.41. The van der Waals surface area contributed by atoms with E-state index in [1.807, 2.05) is 45.8 Å². The van der Waals surface area contributed by atoms with Crippen LogP contribution in [0.2, 0.25) is 0 Å². The van der Waals surface area contributed by atoms with Gasteiger partial charge in [0.1, 0.15) is 17.2 Å². The third-order valence-corrected chi connectivity index (χ3v) is 8.59. The quantitative estimate of drug-likeness (QED) is 0.321. The summed E-state index contributed by atoms with van der Waals surface area (Å²) in [7, 11) is 0. The van der Waals surface area contributed by atoms with Gasteiger partial charge in [-0.3, -0.25) is 9.48 Å². The van der Waals surface area contributed by atoms with Crippen LogP contribution >= 0.6 is 0 Å². The number of alkyl halides is 3. The first-order chi connectivity index (χ1) is 20.2. The largest absolute Gasteiger partial charge is 0.434 e. The van der Waals surface area contributed by atoms with Crippen molar-refractivity contribution in [2.75, 3.05) is 16.3 Å². The van der Waals surface area contributed by atoms with Gasteiger partial charge in [-0.2, -0.15) is 18.3 Å². The highest BCUT2D eigenvalue weighted by Crippen LogP contribution is 2.43. The van der Waals surface area contributed by atoms with Gasteiger partial charge in [0.25, 0.3) is 0 Å². The average molecular weight is 575 g/mol. The number of halogens is 3. The number of hydrogen-bond donors (Lipinski definition) is 0. The molecule has 2 aliphatic carbocycles. The van der Waals surface area contributed by atoms with Gasteiger partial charge in [0, 0.05) is 30.9 Å². The fraction of sp³-hybridized carbons (Fsp3) is 0.433. The van der Waals surface area contributed by atoms with E-state index in [0.717, 1.165) is 77.8 Å². The molecule has 2 aliphatic heterocycles. The van der Waals surface area contributed by atoms with Gasteiger partial charge in [-0.25, -0.2) is 15.0 Å². The van der Waals surface area contributed by atoms with E-state index < -0.39 is 11.9 Å². The second-order valence-electron chi connectivity index (χ2n) is 11.8. The Hall–Kier alpha value is -4.22. The number of nitrogens with zero attached hydrogens (tertiary/aromatic N) is 8. The van der Waals surface area contributed by atoms with Crippen molar-refractivity contribution in [3.8, 4) is 22.9 Å². The molecule has 216 valence electrons. The number of anilines is 2. The predicted octanol–water partition coefficient (Wildman–Crippen LogP) is 5.33. The molecule has 4 aromatic rings. The molecule has 0 radical (unpaired) electrons. The monoisotopic (exact) mass is 574 g/mol. The van der Waals surface area contributed by atoms with Crippen LogP contribution < -0.4 is 9.80 Å². The summed E-state index contributed by atoms with van der Waals surface area (Å²) in [4.78, 5) is 31.0. The van der Waals surface area contributed by atoms with Crippen LogP contribution in [0.5, 0.6) is 0 Å². The molecule has 8 rings (SSSR count). The van der Waals surface area contributed by atoms with Crippen molar-refractivity contribution in [2.24, 2.45) is 0 Å². The fourth-order valence-corrected chi connectivity index (χ4v) is 6.29. The first kappa shape index (κ1) is 25.5. The number of fused-ring (bicyclic) bond motifs is 4. The highest BCUT2D eigenvalue weighted by atomic mass is 19.4. The summed E-state index contributed by atoms with van der Waals surface area (Å²) in [5, 5.41) is 4.59. The zero-order valence-electron chi connectivity index (χ0n) is 23.1. The number of rotatable bonds is 5. The Kier molecular flexibility index (Phi) is 5.55. The minimum absolute atomic E-state index is 0.0250. The van der Waals surface area contributed by atoms with Crippen molar-refractivity contribution in [3.05, 3.63) is 59.2 Å². The van der Waals surface area contributed by atoms with Crippen LogP contribution in [-0.4, -0.2) is 47.8 Å². The number of carbonyl (C=O) groups is 1. The van der Waals surface area contributed by atoms with Crippen molar-refractivity contribution in [1.82, 2.24) is 29.3 Å². The van der Waals surface area contributed by atoms with E-state index in [4.69, 9.17) is 9.97 Å². The fourth-order valence-electron chi connectivity index (χ4n) is 6.29. The Morgan fingerprint density at radius 2 is 1.86 bits per heavy atom. The molecular formula is C30H29F3N8O. The van der Waals surface area contributed by atoms with Gasteiger partial charge in [-0.05, 0) is 62.1 Å². The molecule has 9 nitrogen and oxygen atoms in total. The van der Waals surface area contributed by atoms with Crippen LogP contribution in [0.15, 0.2) is 36.8 Å². The van der Waals surface area contributed by atoms with Gasteiger partial charge in [-0.15, -0.1) is 0 Å². The Labute approximate surface area is 240 Å². The third-order valence-electron chi connectivity index (χ3n) is 8.59. The Bertz CT molecular complexity index is 1730. The van der Waals surface area contributed by atoms with Gasteiger partial charge >= 0.3 is 6.18 Å². The molecule has 1 amide bonds. The van der Waals surface area contributed by atoms with Crippen molar-refractivity contribution in [3.63, 3.8) is 0 Å². The summed E-state index contributed by atoms with van der Waals surface area (Å²) in [5.74, 6) is 1.69. The lowest BCUT2D eigenvalue weighted by molar-refractivity contribution is -0.140. The average Bonchev–Trinajstić information content (AvgIpc) is 3.89. The van der Waals surface area contributed by atoms with Gasteiger partial charge < -0.3 is 14.4 Å². The predicted molar refractivity (Wildman–Crippen MR) is 149 cm³/mol. The summed E-state index contributed by atoms with van der Waals surface area (Å²) in [6.45, 7) is 3.12. The summed E-state index contributed by atoms with van der Waals surface area (Å²) >= 11 is 0. The van der Waals surface area contributed by atoms with Crippen molar-refractivity contribution in [1.29, 1.82) is 0 Å². The van der Waals surface area contributed by atoms with E-state index in [1.54, 1.807) is 10.8 Å². The molecule has 1 aromatic carbocycles. The number of carbonyl (C=O) groups excluding carboxylic acids is 1. The molecule has 4 aliphatic rings. The Morgan fingerprint density at radius 3 is 2.62 bits per heavy atom. The number of aryl methyl sites for hydroxylation is 3. The van der Waals surface area contributed by atoms with Gasteiger partial charge in [0.05, 0.1) is 25.0 Å². The van der Waals surface area contributed by atoms with Crippen molar-refractivity contribution in [2.45, 2.75) is 76.8 Å². The molecule has 0 saturated heterocycles. The lowest BCUT2D eigenvalue weighted by atomic mass is 10.00. The molecule has 5 heterocycles. The lowest BCUT2D eigenvalue weighted by Crippen LogP contribution is -2.47. The van der Waals surface area contributed by atoms with E-state index in [-0.39, 0.29) is 18.5 Å². The van der Waals surface area contributed by atoms with Crippen molar-refractivity contribution >= 4 is 17.4 Å². The smallest absolute Gasteiger partial charge is 0.341 e. The summed E-state index contributed by atoms with van der Waals surface area (Å²) in [6, 6.07) is 6.38. The minimum Gasteiger partial charge on any atom is -0.341 e. The molecular weight excluding hydrogens is 545 g/mol. The second kappa shape index (κ2) is 9.14. The molecule has 2 saturated carbocycles. The van der Waals surface area contributed by atoms with E-state index in [2.05, 4.69) is 10.1 Å². The van der Waals surface area contributed by atoms with Crippen LogP contribution in [0.25, 0.3) is 22.9 Å². The molecule has 0 unspecified atom stereocenters. The molecule has 2 fully saturated rings. The standard InChI is InChI=1S/C30H29F3N8O/c1-17-12-35-41(21-7-8-21)26(17)27-34-13-23-29(37-27)39(16-25(42)40(23)20-5-6-20)14-18-4-9-22-19(11-18)3-2-10-38-15-24(30(31,32)33)36-28(22)38/h4,9,11-13,15,20-21H,2-3,5-8,10,14,16H2,1H3. The molecule has 0 atom stereocenters. The maximum atomic E-state index is 13.4. The Balaban J connectivity index is 1.16. The zero-order chi connectivity index (χ0) is 28.7. The van der Waals surface area contributed by atoms with Crippen LogP contribution in [0.4, 0.5) is 24.7 Å². The molecule has 12 heteroatoms. The lowest BCUT2D eigenvalue weighted by Gasteiger charge is -2.36. The topological polar surface area (TPSA) is 85.0 Å². The number of hydrogen-bond acceptors (Lipinski definition) is 6. The molecule has 42 heavy (non-hydrogen) atoms. The summed E-state index contributed by atoms with van der Waals surface area (Å²) in [5.41, 5.74) is 4.42. The van der Waals surface area contributed by atoms with Crippen molar-refractivity contribution < 1.29 is 18.0 Å². The molecule has 0 bridgehead atoms. The number of benzene rings is 1. The maximum absolute atomic E-state index is 13.4. The SMILES string of the molecule is Cc1cnn(C2CC2)c1-c1ncc2c(n1)N(Cc1ccc3c(c1)CCCn1cc(C(F)(F)F)nc1-3)CC(=O)N2C1CC1. The van der Waals surface area contributed by atoms with Crippen LogP contribution in [-0.2, 0) is 30.5 Å². The van der Waals surface area contributed by atoms with E-state index in [0.29, 0.717) is 37.2 Å². The molecule has 0 N–H and O–H groups in total. The van der Waals surface area contributed by atoms with E-state index >= 15 is 0 Å². The first-order valence-corrected chi connectivity index (χ1v) is 14.5. The van der Waals surface area contributed by atoms with E-state index in [9.17, 15) is 18.0 Å². The van der Waals surface area contributed by atoms with Crippen LogP contribution in [0, 0.1) is 6.92 Å². The normalized spacial score (nSPS) is 18.5. The molecule has 0 spiro atoms. The minimum atomic E-state index is -4.49. The molecule has 3 aromatic heterocycles. The first-order valence-electron chi connectivity index (χ1n) is 14.5. The van der Waals surface area contributed by atoms with Gasteiger partial charge in [-0.1, -0.05) is 18.2 Å². The number of amides is 1. The third kappa shape index (κ3) is 4.26. The number of aromatic nitrogens is 6. The van der Waals surface area contributed by atoms with Gasteiger partial charge in [0.15, 0.2) is 17.3 Å². The maximum Gasteiger partial charge on any atom is 0.434 e. The Morgan fingerprint density at radius 1 is 1.05 bits per heavy atom. The van der Waals surface area contributed by atoms with Crippen LogP contribution in [0.1, 0.15) is 60.5 Å². The zero-order valence-corrected chi connectivity index (χ0v) is 23.1. The highest BCUT2D eigenvalue weighted by molar-refractivity contribution is 6.03. The summed E-state index contributed by atoms with van der Waals surface area (Å²) < 4.78 is 43.8. The van der Waals surface area contributed by atoms with Gasteiger partial charge in [0.2, 0.25) is 5.91 Å². The number of imidazole rings is 1. The second-order valence-corrected chi connectivity index (χ2v) is 11.8.